The first kappa shape index (κ1) is 10.9. The Morgan fingerprint density at radius 2 is 2.07 bits per heavy atom. The standard InChI is InChI=1S/C12H11BrClN/c1-7(2)11-8-4-3-5-9(13)12(8)15-6-10(11)14/h3-7H,1-2H3. The summed E-state index contributed by atoms with van der Waals surface area (Å²) in [5.41, 5.74) is 2.15. The molecule has 1 aromatic heterocycles. The van der Waals surface area contributed by atoms with E-state index < -0.39 is 0 Å². The number of para-hydroxylation sites is 1. The third-order valence-electron chi connectivity index (χ3n) is 2.42. The first-order valence-corrected chi connectivity index (χ1v) is 6.01. The Kier molecular flexibility index (Phi) is 2.98. The second kappa shape index (κ2) is 4.11. The van der Waals surface area contributed by atoms with Crippen LogP contribution < -0.4 is 0 Å². The summed E-state index contributed by atoms with van der Waals surface area (Å²) < 4.78 is 1.01. The van der Waals surface area contributed by atoms with Crippen molar-refractivity contribution in [1.29, 1.82) is 0 Å². The molecule has 1 nitrogen and oxygen atoms in total. The van der Waals surface area contributed by atoms with Crippen LogP contribution in [0.2, 0.25) is 5.02 Å². The summed E-state index contributed by atoms with van der Waals surface area (Å²) in [5.74, 6) is 0.400. The molecule has 1 heterocycles. The zero-order valence-electron chi connectivity index (χ0n) is 8.59. The van der Waals surface area contributed by atoms with Gasteiger partial charge in [0, 0.05) is 16.1 Å². The molecule has 78 valence electrons. The number of fused-ring (bicyclic) bond motifs is 1. The minimum absolute atomic E-state index is 0.400. The maximum absolute atomic E-state index is 6.17. The van der Waals surface area contributed by atoms with Crippen molar-refractivity contribution in [1.82, 2.24) is 4.98 Å². The molecule has 0 aliphatic carbocycles. The third kappa shape index (κ3) is 1.88. The van der Waals surface area contributed by atoms with E-state index in [9.17, 15) is 0 Å². The average molecular weight is 285 g/mol. The maximum Gasteiger partial charge on any atom is 0.0847 e. The monoisotopic (exact) mass is 283 g/mol. The van der Waals surface area contributed by atoms with Crippen LogP contribution in [0.1, 0.15) is 25.3 Å². The summed E-state index contributed by atoms with van der Waals surface area (Å²) >= 11 is 9.67. The summed E-state index contributed by atoms with van der Waals surface area (Å²) in [5, 5.41) is 1.88. The smallest absolute Gasteiger partial charge is 0.0847 e. The lowest BCUT2D eigenvalue weighted by Crippen LogP contribution is -1.93. The van der Waals surface area contributed by atoms with E-state index in [0.717, 1.165) is 20.4 Å². The largest absolute Gasteiger partial charge is 0.253 e. The Balaban J connectivity index is 2.88. The van der Waals surface area contributed by atoms with E-state index >= 15 is 0 Å². The highest BCUT2D eigenvalue weighted by molar-refractivity contribution is 9.10. The predicted octanol–water partition coefficient (Wildman–Crippen LogP) is 4.77. The number of rotatable bonds is 1. The molecule has 0 spiro atoms. The van der Waals surface area contributed by atoms with Crippen molar-refractivity contribution in [2.24, 2.45) is 0 Å². The number of hydrogen-bond donors (Lipinski definition) is 0. The second-order valence-corrected chi connectivity index (χ2v) is 5.07. The Labute approximate surface area is 103 Å². The molecule has 0 unspecified atom stereocenters. The third-order valence-corrected chi connectivity index (χ3v) is 3.36. The lowest BCUT2D eigenvalue weighted by Gasteiger charge is -2.12. The minimum atomic E-state index is 0.400. The summed E-state index contributed by atoms with van der Waals surface area (Å²) in [6.07, 6.45) is 1.73. The van der Waals surface area contributed by atoms with Crippen molar-refractivity contribution in [2.45, 2.75) is 19.8 Å². The minimum Gasteiger partial charge on any atom is -0.253 e. The van der Waals surface area contributed by atoms with Crippen molar-refractivity contribution in [3.05, 3.63) is 39.5 Å². The van der Waals surface area contributed by atoms with Gasteiger partial charge in [0.05, 0.1) is 10.5 Å². The molecular formula is C12H11BrClN. The fourth-order valence-corrected chi connectivity index (χ4v) is 2.61. The van der Waals surface area contributed by atoms with Gasteiger partial charge < -0.3 is 0 Å². The number of pyridine rings is 1. The van der Waals surface area contributed by atoms with Crippen LogP contribution in [0.4, 0.5) is 0 Å². The van der Waals surface area contributed by atoms with Gasteiger partial charge in [-0.3, -0.25) is 4.98 Å². The van der Waals surface area contributed by atoms with E-state index in [-0.39, 0.29) is 0 Å². The molecule has 2 rings (SSSR count). The molecule has 0 fully saturated rings. The van der Waals surface area contributed by atoms with Crippen molar-refractivity contribution >= 4 is 38.4 Å². The van der Waals surface area contributed by atoms with Crippen molar-refractivity contribution in [3.8, 4) is 0 Å². The van der Waals surface area contributed by atoms with Gasteiger partial charge in [0.1, 0.15) is 0 Å². The van der Waals surface area contributed by atoms with Crippen LogP contribution in [0.5, 0.6) is 0 Å². The van der Waals surface area contributed by atoms with Gasteiger partial charge in [-0.25, -0.2) is 0 Å². The number of halogens is 2. The molecule has 0 aliphatic heterocycles. The summed E-state index contributed by atoms with van der Waals surface area (Å²) in [4.78, 5) is 4.34. The summed E-state index contributed by atoms with van der Waals surface area (Å²) in [7, 11) is 0. The van der Waals surface area contributed by atoms with Gasteiger partial charge in [-0.2, -0.15) is 0 Å². The van der Waals surface area contributed by atoms with Crippen LogP contribution in [0.25, 0.3) is 10.9 Å². The molecule has 0 radical (unpaired) electrons. The highest BCUT2D eigenvalue weighted by atomic mass is 79.9. The summed E-state index contributed by atoms with van der Waals surface area (Å²) in [6.45, 7) is 4.28. The number of nitrogens with zero attached hydrogens (tertiary/aromatic N) is 1. The van der Waals surface area contributed by atoms with Crippen LogP contribution in [0, 0.1) is 0 Å². The SMILES string of the molecule is CC(C)c1c(Cl)cnc2c(Br)cccc12. The fraction of sp³-hybridized carbons (Fsp3) is 0.250. The number of hydrogen-bond acceptors (Lipinski definition) is 1. The second-order valence-electron chi connectivity index (χ2n) is 3.81. The molecule has 15 heavy (non-hydrogen) atoms. The number of aromatic nitrogens is 1. The van der Waals surface area contributed by atoms with Crippen molar-refractivity contribution in [3.63, 3.8) is 0 Å². The van der Waals surface area contributed by atoms with E-state index in [4.69, 9.17) is 11.6 Å². The lowest BCUT2D eigenvalue weighted by atomic mass is 9.99. The summed E-state index contributed by atoms with van der Waals surface area (Å²) in [6, 6.07) is 6.07. The maximum atomic E-state index is 6.17. The van der Waals surface area contributed by atoms with Gasteiger partial charge >= 0.3 is 0 Å². The molecule has 0 saturated heterocycles. The highest BCUT2D eigenvalue weighted by Crippen LogP contribution is 2.33. The molecule has 0 atom stereocenters. The molecule has 2 aromatic rings. The van der Waals surface area contributed by atoms with Gasteiger partial charge in [0.2, 0.25) is 0 Å². The first-order valence-electron chi connectivity index (χ1n) is 4.84. The Hall–Kier alpha value is -0.600. The molecule has 3 heteroatoms. The van der Waals surface area contributed by atoms with Crippen LogP contribution in [0.3, 0.4) is 0 Å². The molecule has 0 bridgehead atoms. The number of benzene rings is 1. The molecule has 0 amide bonds. The predicted molar refractivity (Wildman–Crippen MR) is 68.5 cm³/mol. The normalized spacial score (nSPS) is 11.3. The first-order chi connectivity index (χ1) is 7.11. The topological polar surface area (TPSA) is 12.9 Å². The van der Waals surface area contributed by atoms with Gasteiger partial charge in [0.15, 0.2) is 0 Å². The lowest BCUT2D eigenvalue weighted by molar-refractivity contribution is 0.874. The van der Waals surface area contributed by atoms with Gasteiger partial charge in [-0.15, -0.1) is 0 Å². The molecule has 1 aromatic carbocycles. The fourth-order valence-electron chi connectivity index (χ4n) is 1.77. The van der Waals surface area contributed by atoms with Crippen molar-refractivity contribution < 1.29 is 0 Å². The van der Waals surface area contributed by atoms with E-state index in [1.165, 1.54) is 5.56 Å². The Morgan fingerprint density at radius 1 is 1.33 bits per heavy atom. The molecular weight excluding hydrogens is 273 g/mol. The molecule has 0 aliphatic rings. The Bertz CT molecular complexity index is 508. The van der Waals surface area contributed by atoms with Gasteiger partial charge in [-0.05, 0) is 33.5 Å². The van der Waals surface area contributed by atoms with E-state index in [1.807, 2.05) is 12.1 Å². The van der Waals surface area contributed by atoms with E-state index in [2.05, 4.69) is 40.8 Å². The molecule has 0 N–H and O–H groups in total. The zero-order chi connectivity index (χ0) is 11.0. The van der Waals surface area contributed by atoms with Gasteiger partial charge in [0.25, 0.3) is 0 Å². The average Bonchev–Trinajstić information content (AvgIpc) is 2.17. The van der Waals surface area contributed by atoms with Crippen LogP contribution in [0.15, 0.2) is 28.9 Å². The van der Waals surface area contributed by atoms with Crippen LogP contribution >= 0.6 is 27.5 Å². The van der Waals surface area contributed by atoms with Crippen LogP contribution in [-0.4, -0.2) is 4.98 Å². The van der Waals surface area contributed by atoms with E-state index in [0.29, 0.717) is 5.92 Å². The highest BCUT2D eigenvalue weighted by Gasteiger charge is 2.11. The Morgan fingerprint density at radius 3 is 2.73 bits per heavy atom. The zero-order valence-corrected chi connectivity index (χ0v) is 10.9. The van der Waals surface area contributed by atoms with Crippen LogP contribution in [-0.2, 0) is 0 Å². The molecule has 0 saturated carbocycles. The quantitative estimate of drug-likeness (QED) is 0.735. The van der Waals surface area contributed by atoms with E-state index in [1.54, 1.807) is 6.20 Å². The van der Waals surface area contributed by atoms with Gasteiger partial charge in [-0.1, -0.05) is 37.6 Å². The van der Waals surface area contributed by atoms with Crippen molar-refractivity contribution in [2.75, 3.05) is 0 Å².